The summed E-state index contributed by atoms with van der Waals surface area (Å²) in [6.07, 6.45) is 4.01. The second kappa shape index (κ2) is 7.72. The van der Waals surface area contributed by atoms with Crippen LogP contribution in [0, 0.1) is 6.92 Å². The molecular weight excluding hydrogens is 360 g/mol. The Kier molecular flexibility index (Phi) is 5.56. The second-order valence-electron chi connectivity index (χ2n) is 7.23. The summed E-state index contributed by atoms with van der Waals surface area (Å²) < 4.78 is 26.0. The Morgan fingerprint density at radius 1 is 1.19 bits per heavy atom. The molecule has 0 bridgehead atoms. The Labute approximate surface area is 161 Å². The van der Waals surface area contributed by atoms with Gasteiger partial charge in [0, 0.05) is 0 Å². The van der Waals surface area contributed by atoms with E-state index in [0.29, 0.717) is 5.69 Å². The molecule has 1 amide bonds. The molecule has 3 rings (SSSR count). The van der Waals surface area contributed by atoms with Crippen LogP contribution in [0.2, 0.25) is 0 Å². The van der Waals surface area contributed by atoms with Crippen LogP contribution in [-0.4, -0.2) is 26.6 Å². The standard InChI is InChI=1S/C21H26N2O3S/c1-15-8-6-11-18(14-15)23(27(3,25)26)16(2)21(24)22-20-13-7-10-17-9-4-5-12-19(17)20/h4-6,8-9,11-12,14,16,20H,7,10,13H2,1-3H3,(H,22,24)/t16-,20+/m0/s1. The fourth-order valence-electron chi connectivity index (χ4n) is 3.77. The summed E-state index contributed by atoms with van der Waals surface area (Å²) in [4.78, 5) is 13.0. The lowest BCUT2D eigenvalue weighted by molar-refractivity contribution is -0.122. The van der Waals surface area contributed by atoms with Crippen LogP contribution >= 0.6 is 0 Å². The SMILES string of the molecule is Cc1cccc(N([C@@H](C)C(=O)N[C@@H]2CCCc3ccccc32)S(C)(=O)=O)c1. The van der Waals surface area contributed by atoms with Crippen LogP contribution in [0.5, 0.6) is 0 Å². The van der Waals surface area contributed by atoms with E-state index in [2.05, 4.69) is 11.4 Å². The van der Waals surface area contributed by atoms with Gasteiger partial charge >= 0.3 is 0 Å². The van der Waals surface area contributed by atoms with Crippen LogP contribution in [0.15, 0.2) is 48.5 Å². The van der Waals surface area contributed by atoms with Crippen molar-refractivity contribution in [2.24, 2.45) is 0 Å². The van der Waals surface area contributed by atoms with Crippen LogP contribution in [0.3, 0.4) is 0 Å². The van der Waals surface area contributed by atoms with Gasteiger partial charge in [0.1, 0.15) is 6.04 Å². The summed E-state index contributed by atoms with van der Waals surface area (Å²) in [6.45, 7) is 3.53. The Morgan fingerprint density at radius 3 is 2.63 bits per heavy atom. The Morgan fingerprint density at radius 2 is 1.93 bits per heavy atom. The number of sulfonamides is 1. The van der Waals surface area contributed by atoms with Gasteiger partial charge in [-0.3, -0.25) is 9.10 Å². The van der Waals surface area contributed by atoms with Crippen molar-refractivity contribution in [1.82, 2.24) is 5.32 Å². The van der Waals surface area contributed by atoms with E-state index in [1.807, 2.05) is 31.2 Å². The van der Waals surface area contributed by atoms with Gasteiger partial charge in [0.2, 0.25) is 15.9 Å². The van der Waals surface area contributed by atoms with Crippen LogP contribution in [-0.2, 0) is 21.2 Å². The van der Waals surface area contributed by atoms with Gasteiger partial charge in [0.05, 0.1) is 18.0 Å². The molecule has 144 valence electrons. The number of nitrogens with zero attached hydrogens (tertiary/aromatic N) is 1. The van der Waals surface area contributed by atoms with E-state index in [9.17, 15) is 13.2 Å². The highest BCUT2D eigenvalue weighted by Gasteiger charge is 2.31. The minimum Gasteiger partial charge on any atom is -0.347 e. The zero-order chi connectivity index (χ0) is 19.6. The molecule has 2 aromatic rings. The minimum atomic E-state index is -3.61. The lowest BCUT2D eigenvalue weighted by atomic mass is 9.87. The molecule has 0 spiro atoms. The van der Waals surface area contributed by atoms with Crippen molar-refractivity contribution in [3.63, 3.8) is 0 Å². The maximum atomic E-state index is 13.0. The summed E-state index contributed by atoms with van der Waals surface area (Å²) in [5, 5.41) is 3.07. The van der Waals surface area contributed by atoms with Gasteiger partial charge < -0.3 is 5.32 Å². The molecule has 6 heteroatoms. The Bertz CT molecular complexity index is 940. The van der Waals surface area contributed by atoms with Crippen molar-refractivity contribution in [3.05, 3.63) is 65.2 Å². The van der Waals surface area contributed by atoms with Crippen molar-refractivity contribution < 1.29 is 13.2 Å². The number of fused-ring (bicyclic) bond motifs is 1. The number of anilines is 1. The molecule has 0 unspecified atom stereocenters. The van der Waals surface area contributed by atoms with Gasteiger partial charge in [-0.2, -0.15) is 0 Å². The summed E-state index contributed by atoms with van der Waals surface area (Å²) >= 11 is 0. The van der Waals surface area contributed by atoms with Crippen LogP contribution in [0.25, 0.3) is 0 Å². The normalized spacial score (nSPS) is 17.7. The van der Waals surface area contributed by atoms with Crippen molar-refractivity contribution >= 4 is 21.6 Å². The molecule has 27 heavy (non-hydrogen) atoms. The van der Waals surface area contributed by atoms with Gasteiger partial charge in [-0.15, -0.1) is 0 Å². The second-order valence-corrected chi connectivity index (χ2v) is 9.09. The highest BCUT2D eigenvalue weighted by atomic mass is 32.2. The monoisotopic (exact) mass is 386 g/mol. The van der Waals surface area contributed by atoms with Gasteiger partial charge in [-0.25, -0.2) is 8.42 Å². The topological polar surface area (TPSA) is 66.5 Å². The quantitative estimate of drug-likeness (QED) is 0.857. The Hall–Kier alpha value is -2.34. The lowest BCUT2D eigenvalue weighted by Crippen LogP contribution is -2.49. The van der Waals surface area contributed by atoms with E-state index < -0.39 is 16.1 Å². The number of benzene rings is 2. The summed E-state index contributed by atoms with van der Waals surface area (Å²) in [5.74, 6) is -0.288. The smallest absolute Gasteiger partial charge is 0.244 e. The van der Waals surface area contributed by atoms with Gasteiger partial charge in [-0.05, 0) is 61.9 Å². The van der Waals surface area contributed by atoms with Crippen LogP contribution < -0.4 is 9.62 Å². The predicted molar refractivity (Wildman–Crippen MR) is 108 cm³/mol. The third-order valence-corrected chi connectivity index (χ3v) is 6.27. The van der Waals surface area contributed by atoms with Gasteiger partial charge in [-0.1, -0.05) is 36.4 Å². The highest BCUT2D eigenvalue weighted by Crippen LogP contribution is 2.30. The molecule has 0 fully saturated rings. The van der Waals surface area contributed by atoms with Crippen LogP contribution in [0.1, 0.15) is 42.5 Å². The van der Waals surface area contributed by atoms with Crippen molar-refractivity contribution in [1.29, 1.82) is 0 Å². The number of hydrogen-bond donors (Lipinski definition) is 1. The van der Waals surface area contributed by atoms with Crippen molar-refractivity contribution in [2.45, 2.75) is 45.2 Å². The summed E-state index contributed by atoms with van der Waals surface area (Å²) in [7, 11) is -3.61. The molecule has 0 heterocycles. The van der Waals surface area contributed by atoms with E-state index in [4.69, 9.17) is 0 Å². The van der Waals surface area contributed by atoms with Crippen molar-refractivity contribution in [2.75, 3.05) is 10.6 Å². The zero-order valence-corrected chi connectivity index (χ0v) is 16.8. The molecule has 2 atom stereocenters. The number of carbonyl (C=O) groups excluding carboxylic acids is 1. The number of rotatable bonds is 5. The fourth-order valence-corrected chi connectivity index (χ4v) is 4.94. The van der Waals surface area contributed by atoms with E-state index >= 15 is 0 Å². The first-order valence-corrected chi connectivity index (χ1v) is 11.1. The van der Waals surface area contributed by atoms with Crippen molar-refractivity contribution in [3.8, 4) is 0 Å². The summed E-state index contributed by atoms with van der Waals surface area (Å²) in [5.41, 5.74) is 3.82. The average molecular weight is 387 g/mol. The average Bonchev–Trinajstić information content (AvgIpc) is 2.61. The molecule has 5 nitrogen and oxygen atoms in total. The first-order chi connectivity index (χ1) is 12.8. The molecule has 1 N–H and O–H groups in total. The third-order valence-electron chi connectivity index (χ3n) is 5.03. The third kappa shape index (κ3) is 4.33. The van der Waals surface area contributed by atoms with Crippen LogP contribution in [0.4, 0.5) is 5.69 Å². The first kappa shape index (κ1) is 19.4. The number of aryl methyl sites for hydroxylation is 2. The molecule has 0 saturated heterocycles. The zero-order valence-electron chi connectivity index (χ0n) is 16.0. The van der Waals surface area contributed by atoms with E-state index in [-0.39, 0.29) is 11.9 Å². The number of hydrogen-bond acceptors (Lipinski definition) is 3. The Balaban J connectivity index is 1.85. The predicted octanol–water partition coefficient (Wildman–Crippen LogP) is 3.34. The lowest BCUT2D eigenvalue weighted by Gasteiger charge is -2.32. The molecule has 1 aliphatic rings. The molecular formula is C21H26N2O3S. The number of carbonyl (C=O) groups is 1. The number of nitrogens with one attached hydrogen (secondary N) is 1. The number of amides is 1. The van der Waals surface area contributed by atoms with Gasteiger partial charge in [0.25, 0.3) is 0 Å². The fraction of sp³-hybridized carbons (Fsp3) is 0.381. The molecule has 0 saturated carbocycles. The molecule has 0 radical (unpaired) electrons. The molecule has 0 aliphatic heterocycles. The highest BCUT2D eigenvalue weighted by molar-refractivity contribution is 7.92. The van der Waals surface area contributed by atoms with Gasteiger partial charge in [0.15, 0.2) is 0 Å². The maximum absolute atomic E-state index is 13.0. The first-order valence-electron chi connectivity index (χ1n) is 9.21. The van der Waals surface area contributed by atoms with E-state index in [1.165, 1.54) is 9.87 Å². The van der Waals surface area contributed by atoms with E-state index in [0.717, 1.165) is 36.6 Å². The largest absolute Gasteiger partial charge is 0.347 e. The molecule has 1 aliphatic carbocycles. The minimum absolute atomic E-state index is 0.0798. The molecule has 0 aromatic heterocycles. The molecule has 2 aromatic carbocycles. The summed E-state index contributed by atoms with van der Waals surface area (Å²) in [6, 6.07) is 14.4. The van der Waals surface area contributed by atoms with E-state index in [1.54, 1.807) is 25.1 Å². The maximum Gasteiger partial charge on any atom is 0.244 e.